The van der Waals surface area contributed by atoms with Gasteiger partial charge in [0.1, 0.15) is 0 Å². The van der Waals surface area contributed by atoms with Gasteiger partial charge in [-0.3, -0.25) is 4.99 Å². The molecule has 0 aliphatic rings. The molecule has 0 atom stereocenters. The van der Waals surface area contributed by atoms with Crippen LogP contribution in [0.2, 0.25) is 5.02 Å². The van der Waals surface area contributed by atoms with Crippen molar-refractivity contribution in [2.75, 3.05) is 32.6 Å². The van der Waals surface area contributed by atoms with E-state index >= 15 is 0 Å². The largest absolute Gasteiger partial charge is 0.493 e. The van der Waals surface area contributed by atoms with Crippen LogP contribution in [0.4, 0.5) is 5.69 Å². The van der Waals surface area contributed by atoms with Crippen molar-refractivity contribution in [3.8, 4) is 22.9 Å². The second-order valence-corrected chi connectivity index (χ2v) is 6.63. The predicted molar refractivity (Wildman–Crippen MR) is 118 cm³/mol. The van der Waals surface area contributed by atoms with E-state index in [1.165, 1.54) is 0 Å². The van der Waals surface area contributed by atoms with Gasteiger partial charge in [-0.15, -0.1) is 0 Å². The summed E-state index contributed by atoms with van der Waals surface area (Å²) < 4.78 is 16.2. The van der Waals surface area contributed by atoms with Crippen LogP contribution in [0, 0.1) is 0 Å². The van der Waals surface area contributed by atoms with Crippen LogP contribution in [-0.2, 0) is 6.42 Å². The van der Waals surface area contributed by atoms with Crippen LogP contribution in [0.25, 0.3) is 11.4 Å². The van der Waals surface area contributed by atoms with Crippen molar-refractivity contribution in [2.24, 2.45) is 4.99 Å². The average Bonchev–Trinajstić information content (AvgIpc) is 3.22. The molecule has 0 unspecified atom stereocenters. The first-order valence-electron chi connectivity index (χ1n) is 9.50. The normalized spacial score (nSPS) is 11.3. The summed E-state index contributed by atoms with van der Waals surface area (Å²) in [5.74, 6) is 2.99. The molecule has 158 valence electrons. The highest BCUT2D eigenvalue weighted by molar-refractivity contribution is 6.30. The molecule has 0 saturated heterocycles. The SMILES string of the molecule is CCOc1cc(NC(=NC)NCCc2nc(-c3cccc(Cl)c3)no2)ccc1OC. The Morgan fingerprint density at radius 3 is 2.80 bits per heavy atom. The first-order valence-corrected chi connectivity index (χ1v) is 9.87. The zero-order valence-electron chi connectivity index (χ0n) is 17.1. The van der Waals surface area contributed by atoms with Crippen LogP contribution >= 0.6 is 11.6 Å². The summed E-state index contributed by atoms with van der Waals surface area (Å²) >= 11 is 6.02. The van der Waals surface area contributed by atoms with Crippen molar-refractivity contribution in [1.82, 2.24) is 15.5 Å². The van der Waals surface area contributed by atoms with E-state index in [-0.39, 0.29) is 0 Å². The Labute approximate surface area is 180 Å². The van der Waals surface area contributed by atoms with Gasteiger partial charge < -0.3 is 24.6 Å². The lowest BCUT2D eigenvalue weighted by Gasteiger charge is -2.14. The average molecular weight is 430 g/mol. The standard InChI is InChI=1S/C21H24ClN5O3/c1-4-29-18-13-16(8-9-17(18)28-3)25-21(23-2)24-11-10-19-26-20(27-30-19)14-6-5-7-15(22)12-14/h5-9,12-13H,4,10-11H2,1-3H3,(H2,23,24,25). The molecule has 0 spiro atoms. The van der Waals surface area contributed by atoms with Gasteiger partial charge in [0.15, 0.2) is 17.5 Å². The minimum absolute atomic E-state index is 0.511. The minimum atomic E-state index is 0.511. The number of ether oxygens (including phenoxy) is 2. The number of methoxy groups -OCH3 is 1. The predicted octanol–water partition coefficient (Wildman–Crippen LogP) is 4.03. The number of guanidine groups is 1. The molecule has 0 aliphatic carbocycles. The number of nitrogens with one attached hydrogen (secondary N) is 2. The molecule has 0 fully saturated rings. The number of rotatable bonds is 8. The van der Waals surface area contributed by atoms with Gasteiger partial charge in [-0.05, 0) is 31.2 Å². The van der Waals surface area contributed by atoms with Gasteiger partial charge in [-0.2, -0.15) is 4.98 Å². The molecule has 0 saturated carbocycles. The van der Waals surface area contributed by atoms with Crippen LogP contribution in [0.15, 0.2) is 52.0 Å². The summed E-state index contributed by atoms with van der Waals surface area (Å²) in [4.78, 5) is 8.65. The summed E-state index contributed by atoms with van der Waals surface area (Å²) in [6, 6.07) is 12.9. The molecule has 30 heavy (non-hydrogen) atoms. The molecular weight excluding hydrogens is 406 g/mol. The van der Waals surface area contributed by atoms with Crippen LogP contribution in [0.1, 0.15) is 12.8 Å². The smallest absolute Gasteiger partial charge is 0.228 e. The molecule has 3 aromatic rings. The monoisotopic (exact) mass is 429 g/mol. The van der Waals surface area contributed by atoms with E-state index in [4.69, 9.17) is 25.6 Å². The Kier molecular flexibility index (Phi) is 7.51. The topological polar surface area (TPSA) is 93.8 Å². The van der Waals surface area contributed by atoms with Gasteiger partial charge in [0.2, 0.25) is 11.7 Å². The molecule has 3 rings (SSSR count). The fraction of sp³-hybridized carbons (Fsp3) is 0.286. The number of nitrogens with zero attached hydrogens (tertiary/aromatic N) is 3. The van der Waals surface area contributed by atoms with Gasteiger partial charge in [0.05, 0.1) is 13.7 Å². The summed E-state index contributed by atoms with van der Waals surface area (Å²) in [5, 5.41) is 11.1. The maximum absolute atomic E-state index is 6.02. The fourth-order valence-electron chi connectivity index (χ4n) is 2.73. The molecule has 2 N–H and O–H groups in total. The molecule has 9 heteroatoms. The number of halogens is 1. The number of aliphatic imine (C=N–C) groups is 1. The molecule has 0 bridgehead atoms. The zero-order chi connectivity index (χ0) is 21.3. The summed E-state index contributed by atoms with van der Waals surface area (Å²) in [6.07, 6.45) is 0.543. The van der Waals surface area contributed by atoms with Gasteiger partial charge in [0, 0.05) is 42.4 Å². The first kappa shape index (κ1) is 21.4. The maximum atomic E-state index is 6.02. The Morgan fingerprint density at radius 2 is 2.07 bits per heavy atom. The number of benzene rings is 2. The van der Waals surface area contributed by atoms with Crippen molar-refractivity contribution in [1.29, 1.82) is 0 Å². The molecule has 1 aromatic heterocycles. The number of hydrogen-bond donors (Lipinski definition) is 2. The highest BCUT2D eigenvalue weighted by Gasteiger charge is 2.10. The third kappa shape index (κ3) is 5.64. The lowest BCUT2D eigenvalue weighted by molar-refractivity contribution is 0.311. The third-order valence-corrected chi connectivity index (χ3v) is 4.37. The van der Waals surface area contributed by atoms with E-state index in [0.29, 0.717) is 53.8 Å². The molecule has 0 radical (unpaired) electrons. The fourth-order valence-corrected chi connectivity index (χ4v) is 2.92. The van der Waals surface area contributed by atoms with E-state index in [1.54, 1.807) is 26.3 Å². The van der Waals surface area contributed by atoms with Crippen molar-refractivity contribution in [3.63, 3.8) is 0 Å². The van der Waals surface area contributed by atoms with Gasteiger partial charge in [-0.25, -0.2) is 0 Å². The lowest BCUT2D eigenvalue weighted by Crippen LogP contribution is -2.32. The van der Waals surface area contributed by atoms with E-state index in [2.05, 4.69) is 25.8 Å². The Morgan fingerprint density at radius 1 is 1.20 bits per heavy atom. The number of aromatic nitrogens is 2. The number of anilines is 1. The van der Waals surface area contributed by atoms with Crippen molar-refractivity contribution >= 4 is 23.2 Å². The van der Waals surface area contributed by atoms with E-state index in [1.807, 2.05) is 37.3 Å². The van der Waals surface area contributed by atoms with Gasteiger partial charge in [0.25, 0.3) is 0 Å². The lowest BCUT2D eigenvalue weighted by atomic mass is 10.2. The summed E-state index contributed by atoms with van der Waals surface area (Å²) in [7, 11) is 3.31. The second-order valence-electron chi connectivity index (χ2n) is 6.19. The molecule has 0 amide bonds. The Hall–Kier alpha value is -3.26. The molecule has 0 aliphatic heterocycles. The minimum Gasteiger partial charge on any atom is -0.493 e. The van der Waals surface area contributed by atoms with E-state index in [0.717, 1.165) is 11.3 Å². The summed E-state index contributed by atoms with van der Waals surface area (Å²) in [5.41, 5.74) is 1.64. The zero-order valence-corrected chi connectivity index (χ0v) is 17.9. The van der Waals surface area contributed by atoms with Crippen LogP contribution < -0.4 is 20.1 Å². The van der Waals surface area contributed by atoms with Gasteiger partial charge in [-0.1, -0.05) is 28.9 Å². The van der Waals surface area contributed by atoms with Crippen LogP contribution in [-0.4, -0.2) is 43.4 Å². The molecule has 8 nitrogen and oxygen atoms in total. The molecule has 1 heterocycles. The number of hydrogen-bond acceptors (Lipinski definition) is 6. The Balaban J connectivity index is 1.56. The highest BCUT2D eigenvalue weighted by atomic mass is 35.5. The second kappa shape index (κ2) is 10.5. The van der Waals surface area contributed by atoms with Crippen LogP contribution in [0.5, 0.6) is 11.5 Å². The van der Waals surface area contributed by atoms with Crippen LogP contribution in [0.3, 0.4) is 0 Å². The van der Waals surface area contributed by atoms with Gasteiger partial charge >= 0.3 is 0 Å². The van der Waals surface area contributed by atoms with E-state index < -0.39 is 0 Å². The highest BCUT2D eigenvalue weighted by Crippen LogP contribution is 2.30. The first-order chi connectivity index (χ1) is 14.6. The quantitative estimate of drug-likeness (QED) is 0.412. The third-order valence-electron chi connectivity index (χ3n) is 4.13. The van der Waals surface area contributed by atoms with Crippen molar-refractivity contribution in [3.05, 3.63) is 53.4 Å². The van der Waals surface area contributed by atoms with Crippen molar-refractivity contribution in [2.45, 2.75) is 13.3 Å². The Bertz CT molecular complexity index is 1010. The van der Waals surface area contributed by atoms with Crippen molar-refractivity contribution < 1.29 is 14.0 Å². The molecule has 2 aromatic carbocycles. The molecular formula is C21H24ClN5O3. The maximum Gasteiger partial charge on any atom is 0.228 e. The van der Waals surface area contributed by atoms with E-state index in [9.17, 15) is 0 Å². The summed E-state index contributed by atoms with van der Waals surface area (Å²) in [6.45, 7) is 3.04.